The van der Waals surface area contributed by atoms with Gasteiger partial charge < -0.3 is 0 Å². The molecule has 7 aromatic carbocycles. The van der Waals surface area contributed by atoms with E-state index in [0.29, 0.717) is 0 Å². The van der Waals surface area contributed by atoms with E-state index in [-0.39, 0.29) is 0 Å². The van der Waals surface area contributed by atoms with Crippen LogP contribution >= 0.6 is 11.8 Å². The highest BCUT2D eigenvalue weighted by Gasteiger charge is 2.27. The van der Waals surface area contributed by atoms with Crippen LogP contribution in [0.1, 0.15) is 0 Å². The third kappa shape index (κ3) is 4.28. The third-order valence-corrected chi connectivity index (χ3v) is 11.2. The van der Waals surface area contributed by atoms with Gasteiger partial charge in [0.15, 0.2) is 5.82 Å². The first-order valence-corrected chi connectivity index (χ1v) is 18.0. The molecule has 1 aliphatic heterocycles. The number of nitrogens with zero attached hydrogens (tertiary/aromatic N) is 4. The topological polar surface area (TPSA) is 35.6 Å². The number of rotatable bonds is 4. The van der Waals surface area contributed by atoms with E-state index in [1.807, 2.05) is 30.0 Å². The summed E-state index contributed by atoms with van der Waals surface area (Å²) in [7, 11) is 0. The van der Waals surface area contributed by atoms with Crippen LogP contribution in [-0.4, -0.2) is 19.1 Å². The maximum atomic E-state index is 5.10. The van der Waals surface area contributed by atoms with Gasteiger partial charge in [-0.1, -0.05) is 133 Å². The van der Waals surface area contributed by atoms with Crippen LogP contribution in [0, 0.1) is 0 Å². The molecule has 0 saturated heterocycles. The number of benzene rings is 7. The monoisotopic (exact) mass is 668 g/mol. The fraction of sp³-hybridized carbons (Fsp3) is 0. The van der Waals surface area contributed by atoms with Gasteiger partial charge in [-0.15, -0.1) is 0 Å². The lowest BCUT2D eigenvalue weighted by molar-refractivity contribution is 1.03. The van der Waals surface area contributed by atoms with Crippen molar-refractivity contribution in [1.29, 1.82) is 0 Å². The summed E-state index contributed by atoms with van der Waals surface area (Å²) >= 11 is 1.86. The van der Waals surface area contributed by atoms with Gasteiger partial charge in [-0.3, -0.25) is 9.13 Å². The SMILES string of the molecule is c1ccc(-c2nc(-c3ccc(-c4ccc5c(c4)c4c6cccc7c6n(c4n5-c4ccccc4)-c4ccccc4S7)cc3)nc3ccccc23)cc1. The molecule has 0 aliphatic carbocycles. The molecular weight excluding hydrogens is 641 g/mol. The second kappa shape index (κ2) is 11.0. The molecule has 5 heteroatoms. The highest BCUT2D eigenvalue weighted by atomic mass is 32.2. The number of fused-ring (bicyclic) bond motifs is 8. The standard InChI is InChI=1S/C46H28N4S/c1-3-12-30(13-4-1)43-34-16-7-8-18-37(34)47-45(48-43)31-24-22-29(23-25-31)32-26-27-38-36(28-32)42-35-17-11-21-41-44(35)50(39-19-9-10-20-40(39)51-41)46(42)49(38)33-14-5-2-6-15-33/h1-28H. The number of aromatic nitrogens is 4. The fourth-order valence-corrected chi connectivity index (χ4v) is 8.92. The molecule has 4 nitrogen and oxygen atoms in total. The van der Waals surface area contributed by atoms with Crippen molar-refractivity contribution in [2.24, 2.45) is 0 Å². The molecule has 0 bridgehead atoms. The Labute approximate surface area is 298 Å². The van der Waals surface area contributed by atoms with E-state index in [9.17, 15) is 0 Å². The third-order valence-electron chi connectivity index (χ3n) is 10.1. The van der Waals surface area contributed by atoms with Gasteiger partial charge in [0.2, 0.25) is 0 Å². The maximum Gasteiger partial charge on any atom is 0.160 e. The summed E-state index contributed by atoms with van der Waals surface area (Å²) in [6.45, 7) is 0. The van der Waals surface area contributed by atoms with E-state index in [0.717, 1.165) is 44.8 Å². The first kappa shape index (κ1) is 28.4. The highest BCUT2D eigenvalue weighted by molar-refractivity contribution is 7.99. The molecule has 3 aromatic heterocycles. The molecule has 0 N–H and O–H groups in total. The Morgan fingerprint density at radius 2 is 1.14 bits per heavy atom. The minimum absolute atomic E-state index is 0.725. The van der Waals surface area contributed by atoms with E-state index in [1.54, 1.807) is 0 Å². The van der Waals surface area contributed by atoms with Gasteiger partial charge in [-0.05, 0) is 59.7 Å². The lowest BCUT2D eigenvalue weighted by Gasteiger charge is -2.21. The van der Waals surface area contributed by atoms with Gasteiger partial charge in [0.1, 0.15) is 5.65 Å². The van der Waals surface area contributed by atoms with E-state index in [4.69, 9.17) is 9.97 Å². The molecule has 1 aliphatic rings. The minimum Gasteiger partial charge on any atom is -0.295 e. The average molecular weight is 669 g/mol. The quantitative estimate of drug-likeness (QED) is 0.187. The van der Waals surface area contributed by atoms with Crippen LogP contribution in [-0.2, 0) is 0 Å². The Hall–Kier alpha value is -6.43. The zero-order valence-electron chi connectivity index (χ0n) is 27.4. The van der Waals surface area contributed by atoms with Crippen LogP contribution in [0.15, 0.2) is 180 Å². The van der Waals surface area contributed by atoms with Crippen LogP contribution in [0.4, 0.5) is 0 Å². The Kier molecular flexibility index (Phi) is 6.15. The lowest BCUT2D eigenvalue weighted by Crippen LogP contribution is -2.05. The molecule has 4 heterocycles. The Bertz CT molecular complexity index is 2980. The molecule has 51 heavy (non-hydrogen) atoms. The molecule has 0 saturated carbocycles. The van der Waals surface area contributed by atoms with Gasteiger partial charge in [0.05, 0.1) is 27.9 Å². The van der Waals surface area contributed by atoms with Crippen LogP contribution in [0.5, 0.6) is 0 Å². The summed E-state index contributed by atoms with van der Waals surface area (Å²) in [5.74, 6) is 0.725. The fourth-order valence-electron chi connectivity index (χ4n) is 7.83. The van der Waals surface area contributed by atoms with Gasteiger partial charge in [0.25, 0.3) is 0 Å². The summed E-state index contributed by atoms with van der Waals surface area (Å²) in [5.41, 5.74) is 12.3. The van der Waals surface area contributed by atoms with Crippen molar-refractivity contribution in [1.82, 2.24) is 19.1 Å². The first-order valence-electron chi connectivity index (χ1n) is 17.2. The van der Waals surface area contributed by atoms with Gasteiger partial charge >= 0.3 is 0 Å². The van der Waals surface area contributed by atoms with E-state index >= 15 is 0 Å². The summed E-state index contributed by atoms with van der Waals surface area (Å²) < 4.78 is 4.93. The zero-order chi connectivity index (χ0) is 33.5. The predicted octanol–water partition coefficient (Wildman–Crippen LogP) is 12.1. The molecule has 0 unspecified atom stereocenters. The van der Waals surface area contributed by atoms with Gasteiger partial charge in [-0.2, -0.15) is 0 Å². The van der Waals surface area contributed by atoms with Crippen LogP contribution in [0.3, 0.4) is 0 Å². The first-order chi connectivity index (χ1) is 25.3. The number of para-hydroxylation sites is 4. The van der Waals surface area contributed by atoms with Crippen molar-refractivity contribution in [3.05, 3.63) is 170 Å². The normalized spacial score (nSPS) is 12.2. The average Bonchev–Trinajstić information content (AvgIpc) is 3.72. The zero-order valence-corrected chi connectivity index (χ0v) is 28.2. The molecule has 0 fully saturated rings. The molecular formula is C46H28N4S. The second-order valence-corrected chi connectivity index (χ2v) is 14.1. The summed E-state index contributed by atoms with van der Waals surface area (Å²) in [5, 5.41) is 4.85. The largest absolute Gasteiger partial charge is 0.295 e. The Balaban J connectivity index is 1.10. The molecule has 10 aromatic rings. The van der Waals surface area contributed by atoms with Gasteiger partial charge in [-0.25, -0.2) is 9.97 Å². The van der Waals surface area contributed by atoms with Crippen molar-refractivity contribution in [2.45, 2.75) is 9.79 Å². The van der Waals surface area contributed by atoms with E-state index in [2.05, 4.69) is 161 Å². The number of hydrogen-bond acceptors (Lipinski definition) is 3. The minimum atomic E-state index is 0.725. The summed E-state index contributed by atoms with van der Waals surface area (Å²) in [4.78, 5) is 12.6. The van der Waals surface area contributed by atoms with Crippen LogP contribution in [0.2, 0.25) is 0 Å². The Morgan fingerprint density at radius 3 is 2.00 bits per heavy atom. The highest BCUT2D eigenvalue weighted by Crippen LogP contribution is 2.49. The number of hydrogen-bond donors (Lipinski definition) is 0. The smallest absolute Gasteiger partial charge is 0.160 e. The van der Waals surface area contributed by atoms with Crippen molar-refractivity contribution in [3.8, 4) is 45.1 Å². The molecule has 0 radical (unpaired) electrons. The molecule has 11 rings (SSSR count). The van der Waals surface area contributed by atoms with Crippen molar-refractivity contribution < 1.29 is 0 Å². The summed E-state index contributed by atoms with van der Waals surface area (Å²) in [6, 6.07) is 60.5. The van der Waals surface area contributed by atoms with Gasteiger partial charge in [0, 0.05) is 48.2 Å². The van der Waals surface area contributed by atoms with Crippen molar-refractivity contribution in [3.63, 3.8) is 0 Å². The Morgan fingerprint density at radius 1 is 0.451 bits per heavy atom. The van der Waals surface area contributed by atoms with Crippen LogP contribution < -0.4 is 0 Å². The van der Waals surface area contributed by atoms with E-state index < -0.39 is 0 Å². The molecule has 238 valence electrons. The maximum absolute atomic E-state index is 5.10. The predicted molar refractivity (Wildman–Crippen MR) is 211 cm³/mol. The van der Waals surface area contributed by atoms with Crippen molar-refractivity contribution in [2.75, 3.05) is 0 Å². The molecule has 0 amide bonds. The molecule has 0 atom stereocenters. The van der Waals surface area contributed by atoms with E-state index in [1.165, 1.54) is 53.9 Å². The summed E-state index contributed by atoms with van der Waals surface area (Å²) in [6.07, 6.45) is 0. The van der Waals surface area contributed by atoms with Crippen molar-refractivity contribution >= 4 is 55.5 Å². The lowest BCUT2D eigenvalue weighted by atomic mass is 10.0. The second-order valence-electron chi connectivity index (χ2n) is 13.0. The molecule has 0 spiro atoms. The van der Waals surface area contributed by atoms with Crippen LogP contribution in [0.25, 0.3) is 88.9 Å².